The number of piperidine rings is 1. The van der Waals surface area contributed by atoms with E-state index < -0.39 is 0 Å². The Hall–Kier alpha value is -1.55. The summed E-state index contributed by atoms with van der Waals surface area (Å²) in [6.45, 7) is 1.83. The Balaban J connectivity index is 1.79. The minimum Gasteiger partial charge on any atom is -0.441 e. The molecule has 2 heterocycles. The van der Waals surface area contributed by atoms with E-state index in [0.717, 1.165) is 32.4 Å². The normalized spacial score (nSPS) is 25.8. The third-order valence-electron chi connectivity index (χ3n) is 3.96. The molecular formula is C14H18N2O2. The van der Waals surface area contributed by atoms with Gasteiger partial charge in [-0.05, 0) is 25.1 Å². The van der Waals surface area contributed by atoms with Gasteiger partial charge in [0.05, 0.1) is 6.04 Å². The standard InChI is InChI=1S/C14H18N2O2/c17-13-16-12(10-11-4-2-1-3-5-11)14(18-13)6-8-15-9-7-14/h1-5,12,15H,6-10H2,(H,16,17). The van der Waals surface area contributed by atoms with E-state index in [2.05, 4.69) is 22.8 Å². The number of alkyl carbamates (subject to hydrolysis) is 1. The van der Waals surface area contributed by atoms with Crippen LogP contribution in [0.15, 0.2) is 30.3 Å². The highest BCUT2D eigenvalue weighted by molar-refractivity contribution is 5.71. The van der Waals surface area contributed by atoms with Gasteiger partial charge in [-0.25, -0.2) is 4.79 Å². The summed E-state index contributed by atoms with van der Waals surface area (Å²) in [5.41, 5.74) is 0.934. The molecule has 1 unspecified atom stereocenters. The van der Waals surface area contributed by atoms with Crippen molar-refractivity contribution in [1.29, 1.82) is 0 Å². The van der Waals surface area contributed by atoms with Crippen LogP contribution in [-0.4, -0.2) is 30.8 Å². The van der Waals surface area contributed by atoms with Crippen LogP contribution in [-0.2, 0) is 11.2 Å². The molecule has 0 bridgehead atoms. The van der Waals surface area contributed by atoms with Gasteiger partial charge in [0.25, 0.3) is 0 Å². The molecule has 4 heteroatoms. The molecular weight excluding hydrogens is 228 g/mol. The quantitative estimate of drug-likeness (QED) is 0.830. The minimum atomic E-state index is -0.307. The summed E-state index contributed by atoms with van der Waals surface area (Å²) < 4.78 is 5.58. The monoisotopic (exact) mass is 246 g/mol. The summed E-state index contributed by atoms with van der Waals surface area (Å²) in [7, 11) is 0. The maximum absolute atomic E-state index is 11.6. The van der Waals surface area contributed by atoms with Crippen molar-refractivity contribution < 1.29 is 9.53 Å². The van der Waals surface area contributed by atoms with E-state index in [1.165, 1.54) is 5.56 Å². The molecule has 1 atom stereocenters. The van der Waals surface area contributed by atoms with Crippen molar-refractivity contribution in [2.45, 2.75) is 30.9 Å². The average molecular weight is 246 g/mol. The zero-order valence-electron chi connectivity index (χ0n) is 10.3. The average Bonchev–Trinajstić information content (AvgIpc) is 2.67. The number of carbonyl (C=O) groups is 1. The van der Waals surface area contributed by atoms with E-state index in [-0.39, 0.29) is 17.7 Å². The van der Waals surface area contributed by atoms with E-state index in [4.69, 9.17) is 4.74 Å². The molecule has 2 aliphatic heterocycles. The highest BCUT2D eigenvalue weighted by atomic mass is 16.6. The fourth-order valence-corrected chi connectivity index (χ4v) is 2.95. The van der Waals surface area contributed by atoms with Crippen molar-refractivity contribution in [3.63, 3.8) is 0 Å². The molecule has 0 radical (unpaired) electrons. The first kappa shape index (κ1) is 11.5. The lowest BCUT2D eigenvalue weighted by Gasteiger charge is -2.36. The Morgan fingerprint density at radius 3 is 2.67 bits per heavy atom. The van der Waals surface area contributed by atoms with Crippen molar-refractivity contribution in [3.05, 3.63) is 35.9 Å². The molecule has 3 rings (SSSR count). The van der Waals surface area contributed by atoms with Crippen LogP contribution >= 0.6 is 0 Å². The number of nitrogens with one attached hydrogen (secondary N) is 2. The predicted molar refractivity (Wildman–Crippen MR) is 68.4 cm³/mol. The molecule has 2 aliphatic rings. The van der Waals surface area contributed by atoms with Crippen LogP contribution in [0.5, 0.6) is 0 Å². The summed E-state index contributed by atoms with van der Waals surface area (Å²) in [5.74, 6) is 0. The molecule has 18 heavy (non-hydrogen) atoms. The second-order valence-corrected chi connectivity index (χ2v) is 5.09. The summed E-state index contributed by atoms with van der Waals surface area (Å²) in [5, 5.41) is 6.29. The minimum absolute atomic E-state index is 0.0921. The first-order valence-corrected chi connectivity index (χ1v) is 6.53. The van der Waals surface area contributed by atoms with Gasteiger partial charge in [-0.1, -0.05) is 30.3 Å². The van der Waals surface area contributed by atoms with Gasteiger partial charge in [0.15, 0.2) is 0 Å². The van der Waals surface area contributed by atoms with Gasteiger partial charge in [0, 0.05) is 12.8 Å². The van der Waals surface area contributed by atoms with Gasteiger partial charge >= 0.3 is 6.09 Å². The van der Waals surface area contributed by atoms with Crippen molar-refractivity contribution >= 4 is 6.09 Å². The Morgan fingerprint density at radius 2 is 1.94 bits per heavy atom. The summed E-state index contributed by atoms with van der Waals surface area (Å²) in [6, 6.07) is 10.4. The van der Waals surface area contributed by atoms with Gasteiger partial charge in [0.1, 0.15) is 5.60 Å². The van der Waals surface area contributed by atoms with Gasteiger partial charge in [-0.15, -0.1) is 0 Å². The molecule has 2 saturated heterocycles. The van der Waals surface area contributed by atoms with Crippen LogP contribution in [0, 0.1) is 0 Å². The fourth-order valence-electron chi connectivity index (χ4n) is 2.95. The third-order valence-corrected chi connectivity index (χ3v) is 3.96. The number of benzene rings is 1. The van der Waals surface area contributed by atoms with E-state index in [1.54, 1.807) is 0 Å². The Bertz CT molecular complexity index is 427. The lowest BCUT2D eigenvalue weighted by atomic mass is 9.82. The molecule has 2 N–H and O–H groups in total. The van der Waals surface area contributed by atoms with Crippen LogP contribution in [0.2, 0.25) is 0 Å². The number of hydrogen-bond acceptors (Lipinski definition) is 3. The number of rotatable bonds is 2. The van der Waals surface area contributed by atoms with E-state index in [9.17, 15) is 4.79 Å². The molecule has 0 saturated carbocycles. The number of carbonyl (C=O) groups excluding carboxylic acids is 1. The van der Waals surface area contributed by atoms with Crippen LogP contribution < -0.4 is 10.6 Å². The summed E-state index contributed by atoms with van der Waals surface area (Å²) in [6.07, 6.45) is 2.36. The molecule has 1 aromatic rings. The van der Waals surface area contributed by atoms with Crippen molar-refractivity contribution in [3.8, 4) is 0 Å². The van der Waals surface area contributed by atoms with Gasteiger partial charge in [-0.2, -0.15) is 0 Å². The lowest BCUT2D eigenvalue weighted by molar-refractivity contribution is 0.0103. The second kappa shape index (κ2) is 4.61. The predicted octanol–water partition coefficient (Wildman–Crippen LogP) is 1.46. The highest BCUT2D eigenvalue weighted by Crippen LogP contribution is 2.33. The molecule has 2 fully saturated rings. The Kier molecular flexibility index (Phi) is 2.96. The second-order valence-electron chi connectivity index (χ2n) is 5.09. The highest BCUT2D eigenvalue weighted by Gasteiger charge is 2.49. The first-order chi connectivity index (χ1) is 8.78. The first-order valence-electron chi connectivity index (χ1n) is 6.53. The van der Waals surface area contributed by atoms with Crippen LogP contribution in [0.4, 0.5) is 4.79 Å². The van der Waals surface area contributed by atoms with Gasteiger partial charge in [-0.3, -0.25) is 0 Å². The lowest BCUT2D eigenvalue weighted by Crippen LogP contribution is -2.51. The smallest absolute Gasteiger partial charge is 0.408 e. The zero-order valence-corrected chi connectivity index (χ0v) is 10.3. The Labute approximate surface area is 107 Å². The van der Waals surface area contributed by atoms with Gasteiger partial charge < -0.3 is 15.4 Å². The molecule has 0 aromatic heterocycles. The molecule has 1 spiro atoms. The molecule has 1 amide bonds. The Morgan fingerprint density at radius 1 is 1.22 bits per heavy atom. The summed E-state index contributed by atoms with van der Waals surface area (Å²) in [4.78, 5) is 11.6. The molecule has 0 aliphatic carbocycles. The van der Waals surface area contributed by atoms with E-state index in [0.29, 0.717) is 0 Å². The number of ether oxygens (including phenoxy) is 1. The van der Waals surface area contributed by atoms with E-state index in [1.807, 2.05) is 18.2 Å². The van der Waals surface area contributed by atoms with Crippen molar-refractivity contribution in [2.24, 2.45) is 0 Å². The molecule has 4 nitrogen and oxygen atoms in total. The van der Waals surface area contributed by atoms with Gasteiger partial charge in [0.2, 0.25) is 0 Å². The van der Waals surface area contributed by atoms with Crippen molar-refractivity contribution in [1.82, 2.24) is 10.6 Å². The van der Waals surface area contributed by atoms with Crippen molar-refractivity contribution in [2.75, 3.05) is 13.1 Å². The van der Waals surface area contributed by atoms with Crippen LogP contribution in [0.25, 0.3) is 0 Å². The maximum atomic E-state index is 11.6. The SMILES string of the molecule is O=C1NC(Cc2ccccc2)C2(CCNCC2)O1. The number of amides is 1. The topological polar surface area (TPSA) is 50.4 Å². The number of hydrogen-bond donors (Lipinski definition) is 2. The molecule has 1 aromatic carbocycles. The zero-order chi connectivity index (χ0) is 12.4. The largest absolute Gasteiger partial charge is 0.441 e. The third kappa shape index (κ3) is 2.08. The van der Waals surface area contributed by atoms with Crippen LogP contribution in [0.1, 0.15) is 18.4 Å². The van der Waals surface area contributed by atoms with E-state index >= 15 is 0 Å². The molecule has 96 valence electrons. The van der Waals surface area contributed by atoms with Crippen LogP contribution in [0.3, 0.4) is 0 Å². The maximum Gasteiger partial charge on any atom is 0.408 e. The summed E-state index contributed by atoms with van der Waals surface area (Å²) >= 11 is 0. The fraction of sp³-hybridized carbons (Fsp3) is 0.500.